The number of rotatable bonds is 24. The van der Waals surface area contributed by atoms with Crippen LogP contribution in [0.2, 0.25) is 0 Å². The minimum Gasteiger partial charge on any atom is -0.494 e. The standard InChI is InChI=1S/C48H50F12O9/c1-3-38(61)66-27-11-7-5-9-25-64-33-19-17-32(18-20-33)31-15-13-30(14-16-31)29-68-36-23-24-37(43(48(58,59)60)42(36)47(55,56)57)69-44(63)34-21-22-35(41(46(52,53)54)40(34)45(49,50)51)65-26-10-6-8-12-28-67-39(62)4-2/h3-4,17-24,30-31H,1-2,5-16,25-29H2. The smallest absolute Gasteiger partial charge is 0.420 e. The predicted octanol–water partition coefficient (Wildman–Crippen LogP) is 13.7. The lowest BCUT2D eigenvalue weighted by molar-refractivity contribution is -0.164. The molecule has 0 amide bonds. The summed E-state index contributed by atoms with van der Waals surface area (Å²) in [7, 11) is 0. The number of hydrogen-bond acceptors (Lipinski definition) is 9. The summed E-state index contributed by atoms with van der Waals surface area (Å²) in [5, 5.41) is 0. The lowest BCUT2D eigenvalue weighted by Gasteiger charge is -2.29. The van der Waals surface area contributed by atoms with Crippen LogP contribution in [-0.4, -0.2) is 50.9 Å². The van der Waals surface area contributed by atoms with Crippen molar-refractivity contribution in [2.24, 2.45) is 5.92 Å². The number of hydrogen-bond donors (Lipinski definition) is 0. The van der Waals surface area contributed by atoms with Crippen LogP contribution in [0.4, 0.5) is 52.7 Å². The molecule has 0 aliphatic heterocycles. The molecule has 0 spiro atoms. The van der Waals surface area contributed by atoms with Crippen molar-refractivity contribution in [3.63, 3.8) is 0 Å². The van der Waals surface area contributed by atoms with Gasteiger partial charge in [-0.15, -0.1) is 0 Å². The summed E-state index contributed by atoms with van der Waals surface area (Å²) in [5.74, 6) is -7.99. The lowest BCUT2D eigenvalue weighted by Crippen LogP contribution is -2.25. The molecule has 1 aliphatic carbocycles. The van der Waals surface area contributed by atoms with Crippen LogP contribution < -0.4 is 18.9 Å². The summed E-state index contributed by atoms with van der Waals surface area (Å²) < 4.78 is 204. The summed E-state index contributed by atoms with van der Waals surface area (Å²) in [5.41, 5.74) is -11.3. The van der Waals surface area contributed by atoms with E-state index in [1.165, 1.54) is 0 Å². The van der Waals surface area contributed by atoms with Crippen LogP contribution in [0, 0.1) is 5.92 Å². The summed E-state index contributed by atoms with van der Waals surface area (Å²) in [4.78, 5) is 35.3. The molecule has 1 fully saturated rings. The van der Waals surface area contributed by atoms with Crippen molar-refractivity contribution in [3.05, 3.63) is 107 Å². The van der Waals surface area contributed by atoms with E-state index in [1.807, 2.05) is 12.1 Å². The van der Waals surface area contributed by atoms with Gasteiger partial charge >= 0.3 is 42.6 Å². The summed E-state index contributed by atoms with van der Waals surface area (Å²) in [6.07, 6.45) is -15.6. The molecular weight excluding hydrogens is 948 g/mol. The molecule has 0 bridgehead atoms. The van der Waals surface area contributed by atoms with Crippen LogP contribution in [0.15, 0.2) is 73.8 Å². The topological polar surface area (TPSA) is 107 Å². The van der Waals surface area contributed by atoms with E-state index in [0.29, 0.717) is 76.0 Å². The number of benzene rings is 3. The van der Waals surface area contributed by atoms with E-state index in [-0.39, 0.29) is 37.5 Å². The van der Waals surface area contributed by atoms with Crippen molar-refractivity contribution in [1.82, 2.24) is 0 Å². The molecule has 0 radical (unpaired) electrons. The molecule has 0 aromatic heterocycles. The van der Waals surface area contributed by atoms with Crippen molar-refractivity contribution < 1.29 is 95.5 Å². The Bertz CT molecular complexity index is 2190. The highest BCUT2D eigenvalue weighted by Crippen LogP contribution is 2.51. The number of alkyl halides is 12. The van der Waals surface area contributed by atoms with Gasteiger partial charge in [0.1, 0.15) is 39.7 Å². The Morgan fingerprint density at radius 1 is 0.493 bits per heavy atom. The van der Waals surface area contributed by atoms with Gasteiger partial charge in [-0.25, -0.2) is 14.4 Å². The molecule has 21 heteroatoms. The van der Waals surface area contributed by atoms with E-state index in [0.717, 1.165) is 37.0 Å². The number of halogens is 12. The first-order valence-electron chi connectivity index (χ1n) is 21.9. The maximum absolute atomic E-state index is 14.5. The average Bonchev–Trinajstić information content (AvgIpc) is 3.28. The minimum atomic E-state index is -6.02. The van der Waals surface area contributed by atoms with Crippen LogP contribution in [0.25, 0.3) is 0 Å². The van der Waals surface area contributed by atoms with Crippen LogP contribution in [0.1, 0.15) is 121 Å². The minimum absolute atomic E-state index is 0.00234. The van der Waals surface area contributed by atoms with Crippen molar-refractivity contribution in [2.45, 2.75) is 108 Å². The second-order valence-corrected chi connectivity index (χ2v) is 15.9. The Kier molecular flexibility index (Phi) is 20.3. The first-order chi connectivity index (χ1) is 32.4. The highest BCUT2D eigenvalue weighted by Gasteiger charge is 2.51. The number of carbonyl (C=O) groups is 3. The quantitative estimate of drug-likeness (QED) is 0.0285. The largest absolute Gasteiger partial charge is 0.494 e. The molecule has 3 aromatic carbocycles. The molecule has 0 N–H and O–H groups in total. The van der Waals surface area contributed by atoms with Gasteiger partial charge in [0.05, 0.1) is 44.2 Å². The third-order valence-electron chi connectivity index (χ3n) is 11.0. The molecule has 9 nitrogen and oxygen atoms in total. The van der Waals surface area contributed by atoms with E-state index in [4.69, 9.17) is 23.7 Å². The van der Waals surface area contributed by atoms with Gasteiger partial charge in [0.2, 0.25) is 0 Å². The normalized spacial score (nSPS) is 15.5. The molecule has 4 rings (SSSR count). The van der Waals surface area contributed by atoms with Crippen LogP contribution in [-0.2, 0) is 43.8 Å². The van der Waals surface area contributed by atoms with E-state index in [9.17, 15) is 67.1 Å². The molecule has 0 unspecified atom stereocenters. The number of carbonyl (C=O) groups excluding carboxylic acids is 3. The first-order valence-corrected chi connectivity index (χ1v) is 21.9. The average molecular weight is 999 g/mol. The van der Waals surface area contributed by atoms with Gasteiger partial charge in [0.15, 0.2) is 0 Å². The van der Waals surface area contributed by atoms with Gasteiger partial charge in [-0.3, -0.25) is 0 Å². The van der Waals surface area contributed by atoms with E-state index >= 15 is 0 Å². The summed E-state index contributed by atoms with van der Waals surface area (Å²) in [6.45, 7) is 6.30. The third kappa shape index (κ3) is 16.9. The zero-order chi connectivity index (χ0) is 51.0. The van der Waals surface area contributed by atoms with Crippen LogP contribution >= 0.6 is 0 Å². The Morgan fingerprint density at radius 2 is 0.913 bits per heavy atom. The zero-order valence-electron chi connectivity index (χ0n) is 37.1. The Morgan fingerprint density at radius 3 is 1.41 bits per heavy atom. The molecular formula is C48H50F12O9. The van der Waals surface area contributed by atoms with Gasteiger partial charge in [0.25, 0.3) is 0 Å². The first kappa shape index (κ1) is 55.7. The van der Waals surface area contributed by atoms with Gasteiger partial charge < -0.3 is 28.4 Å². The summed E-state index contributed by atoms with van der Waals surface area (Å²) >= 11 is 0. The van der Waals surface area contributed by atoms with Crippen molar-refractivity contribution in [1.29, 1.82) is 0 Å². The van der Waals surface area contributed by atoms with Gasteiger partial charge in [-0.1, -0.05) is 25.3 Å². The molecule has 1 aliphatic rings. The number of unbranched alkanes of at least 4 members (excludes halogenated alkanes) is 6. The Balaban J connectivity index is 1.43. The van der Waals surface area contributed by atoms with Crippen molar-refractivity contribution >= 4 is 17.9 Å². The fourth-order valence-electron chi connectivity index (χ4n) is 7.59. The third-order valence-corrected chi connectivity index (χ3v) is 11.0. The maximum Gasteiger partial charge on any atom is 0.420 e. The fraction of sp³-hybridized carbons (Fsp3) is 0.479. The zero-order valence-corrected chi connectivity index (χ0v) is 37.1. The monoisotopic (exact) mass is 998 g/mol. The molecule has 0 saturated heterocycles. The van der Waals surface area contributed by atoms with E-state index in [1.54, 1.807) is 12.1 Å². The van der Waals surface area contributed by atoms with Gasteiger partial charge in [-0.2, -0.15) is 52.7 Å². The molecule has 69 heavy (non-hydrogen) atoms. The Labute approximate surface area is 389 Å². The Hall–Kier alpha value is -5.89. The molecule has 0 atom stereocenters. The van der Waals surface area contributed by atoms with E-state index < -0.39 is 107 Å². The lowest BCUT2D eigenvalue weighted by atomic mass is 9.79. The van der Waals surface area contributed by atoms with Crippen molar-refractivity contribution in [3.8, 4) is 23.0 Å². The predicted molar refractivity (Wildman–Crippen MR) is 225 cm³/mol. The second kappa shape index (κ2) is 25.1. The highest BCUT2D eigenvalue weighted by molar-refractivity contribution is 5.94. The molecule has 3 aromatic rings. The van der Waals surface area contributed by atoms with Crippen molar-refractivity contribution in [2.75, 3.05) is 33.0 Å². The maximum atomic E-state index is 14.5. The van der Waals surface area contributed by atoms with Crippen LogP contribution in [0.3, 0.4) is 0 Å². The molecule has 380 valence electrons. The fourth-order valence-corrected chi connectivity index (χ4v) is 7.59. The number of esters is 3. The van der Waals surface area contributed by atoms with Gasteiger partial charge in [-0.05, 0) is 131 Å². The molecule has 1 saturated carbocycles. The number of ether oxygens (including phenoxy) is 6. The SMILES string of the molecule is C=CC(=O)OCCCCCCOc1ccc(C2CCC(COc3ccc(OC(=O)c4ccc(OCCCCCCOC(=O)C=C)c(C(F)(F)F)c4C(F)(F)F)c(C(F)(F)F)c3C(F)(F)F)CC2)cc1. The summed E-state index contributed by atoms with van der Waals surface area (Å²) in [6, 6.07) is 8.44. The molecule has 0 heterocycles. The second-order valence-electron chi connectivity index (χ2n) is 15.9. The van der Waals surface area contributed by atoms with E-state index in [2.05, 4.69) is 17.9 Å². The highest BCUT2D eigenvalue weighted by atomic mass is 19.4. The van der Waals surface area contributed by atoms with Crippen LogP contribution in [0.5, 0.6) is 23.0 Å². The van der Waals surface area contributed by atoms with Gasteiger partial charge in [0, 0.05) is 12.2 Å².